The largest absolute Gasteiger partial charge is 0.383 e. The Morgan fingerprint density at radius 3 is 3.20 bits per heavy atom. The van der Waals surface area contributed by atoms with Gasteiger partial charge in [-0.05, 0) is 19.3 Å². The highest BCUT2D eigenvalue weighted by atomic mass is 16.2. The zero-order valence-corrected chi connectivity index (χ0v) is 8.86. The second-order valence-corrected chi connectivity index (χ2v) is 3.90. The van der Waals surface area contributed by atoms with Crippen LogP contribution in [0.2, 0.25) is 0 Å². The first-order chi connectivity index (χ1) is 7.24. The Bertz CT molecular complexity index is 360. The maximum absolute atomic E-state index is 12.1. The SMILES string of the molecule is CCC1CCCN1C(=O)c1cn[nH]c1N. The summed E-state index contributed by atoms with van der Waals surface area (Å²) in [6, 6.07) is 0.367. The van der Waals surface area contributed by atoms with Gasteiger partial charge in [-0.15, -0.1) is 0 Å². The van der Waals surface area contributed by atoms with Crippen LogP contribution in [-0.2, 0) is 0 Å². The predicted octanol–water partition coefficient (Wildman–Crippen LogP) is 1.01. The van der Waals surface area contributed by atoms with Crippen LogP contribution in [0.3, 0.4) is 0 Å². The van der Waals surface area contributed by atoms with E-state index in [-0.39, 0.29) is 5.91 Å². The van der Waals surface area contributed by atoms with Crippen LogP contribution in [0.4, 0.5) is 5.82 Å². The van der Waals surface area contributed by atoms with Gasteiger partial charge in [0.2, 0.25) is 0 Å². The number of nitrogens with zero attached hydrogens (tertiary/aromatic N) is 2. The molecule has 1 aromatic rings. The van der Waals surface area contributed by atoms with Gasteiger partial charge < -0.3 is 10.6 Å². The van der Waals surface area contributed by atoms with E-state index in [1.54, 1.807) is 0 Å². The van der Waals surface area contributed by atoms with E-state index in [4.69, 9.17) is 5.73 Å². The van der Waals surface area contributed by atoms with E-state index in [1.165, 1.54) is 6.20 Å². The number of nitrogens with two attached hydrogens (primary N) is 1. The molecule has 1 amide bonds. The molecule has 5 nitrogen and oxygen atoms in total. The maximum Gasteiger partial charge on any atom is 0.259 e. The number of nitrogens with one attached hydrogen (secondary N) is 1. The van der Waals surface area contributed by atoms with Gasteiger partial charge in [0.15, 0.2) is 0 Å². The second kappa shape index (κ2) is 3.92. The number of carbonyl (C=O) groups excluding carboxylic acids is 1. The highest BCUT2D eigenvalue weighted by Gasteiger charge is 2.29. The summed E-state index contributed by atoms with van der Waals surface area (Å²) in [5.74, 6) is 0.368. The van der Waals surface area contributed by atoms with Gasteiger partial charge in [-0.1, -0.05) is 6.92 Å². The lowest BCUT2D eigenvalue weighted by Gasteiger charge is -2.23. The fraction of sp³-hybridized carbons (Fsp3) is 0.600. The zero-order chi connectivity index (χ0) is 10.8. The first-order valence-electron chi connectivity index (χ1n) is 5.33. The Hall–Kier alpha value is -1.52. The quantitative estimate of drug-likeness (QED) is 0.761. The average Bonchev–Trinajstić information content (AvgIpc) is 2.84. The Morgan fingerprint density at radius 1 is 1.80 bits per heavy atom. The third-order valence-corrected chi connectivity index (χ3v) is 3.01. The summed E-state index contributed by atoms with van der Waals surface area (Å²) < 4.78 is 0. The molecule has 2 heterocycles. The van der Waals surface area contributed by atoms with Crippen molar-refractivity contribution in [1.29, 1.82) is 0 Å². The van der Waals surface area contributed by atoms with Gasteiger partial charge in [0, 0.05) is 12.6 Å². The molecule has 0 saturated carbocycles. The monoisotopic (exact) mass is 208 g/mol. The van der Waals surface area contributed by atoms with E-state index in [0.717, 1.165) is 25.8 Å². The fourth-order valence-corrected chi connectivity index (χ4v) is 2.15. The molecular weight excluding hydrogens is 192 g/mol. The van der Waals surface area contributed by atoms with E-state index >= 15 is 0 Å². The van der Waals surface area contributed by atoms with E-state index in [9.17, 15) is 4.79 Å². The number of anilines is 1. The van der Waals surface area contributed by atoms with Gasteiger partial charge in [0.25, 0.3) is 5.91 Å². The van der Waals surface area contributed by atoms with Crippen LogP contribution in [0.25, 0.3) is 0 Å². The summed E-state index contributed by atoms with van der Waals surface area (Å²) in [5, 5.41) is 6.35. The summed E-state index contributed by atoms with van der Waals surface area (Å²) in [7, 11) is 0. The number of aromatic amines is 1. The molecule has 0 aliphatic carbocycles. The lowest BCUT2D eigenvalue weighted by Crippen LogP contribution is -2.35. The van der Waals surface area contributed by atoms with Crippen LogP contribution in [0.5, 0.6) is 0 Å². The molecule has 5 heteroatoms. The lowest BCUT2D eigenvalue weighted by molar-refractivity contribution is 0.0735. The van der Waals surface area contributed by atoms with Crippen LogP contribution in [0.15, 0.2) is 6.20 Å². The number of amides is 1. The average molecular weight is 208 g/mol. The lowest BCUT2D eigenvalue weighted by atomic mass is 10.1. The molecule has 0 bridgehead atoms. The number of H-pyrrole nitrogens is 1. The van der Waals surface area contributed by atoms with Crippen LogP contribution in [0.1, 0.15) is 36.5 Å². The van der Waals surface area contributed by atoms with Crippen LogP contribution in [-0.4, -0.2) is 33.6 Å². The predicted molar refractivity (Wildman–Crippen MR) is 57.3 cm³/mol. The first kappa shape index (κ1) is 10.0. The second-order valence-electron chi connectivity index (χ2n) is 3.90. The molecule has 15 heavy (non-hydrogen) atoms. The summed E-state index contributed by atoms with van der Waals surface area (Å²) >= 11 is 0. The molecule has 82 valence electrons. The number of hydrogen-bond donors (Lipinski definition) is 2. The van der Waals surface area contributed by atoms with Crippen LogP contribution < -0.4 is 5.73 Å². The van der Waals surface area contributed by atoms with Gasteiger partial charge in [0.05, 0.1) is 6.20 Å². The minimum absolute atomic E-state index is 0.00519. The molecule has 1 fully saturated rings. The molecule has 1 aromatic heterocycles. The van der Waals surface area contributed by atoms with Crippen molar-refractivity contribution >= 4 is 11.7 Å². The van der Waals surface area contributed by atoms with Crippen molar-refractivity contribution in [1.82, 2.24) is 15.1 Å². The van der Waals surface area contributed by atoms with Crippen molar-refractivity contribution in [2.24, 2.45) is 0 Å². The Labute approximate surface area is 88.6 Å². The number of rotatable bonds is 2. The Kier molecular flexibility index (Phi) is 2.62. The minimum Gasteiger partial charge on any atom is -0.383 e. The number of nitrogen functional groups attached to an aromatic ring is 1. The van der Waals surface area contributed by atoms with Crippen molar-refractivity contribution in [3.63, 3.8) is 0 Å². The zero-order valence-electron chi connectivity index (χ0n) is 8.86. The standard InChI is InChI=1S/C10H16N4O/c1-2-7-4-3-5-14(7)10(15)8-6-12-13-9(8)11/h6-7H,2-5H2,1H3,(H3,11,12,13). The van der Waals surface area contributed by atoms with Crippen LogP contribution in [0, 0.1) is 0 Å². The van der Waals surface area contributed by atoms with Gasteiger partial charge in [-0.3, -0.25) is 9.89 Å². The molecule has 0 spiro atoms. The van der Waals surface area contributed by atoms with E-state index in [1.807, 2.05) is 4.90 Å². The molecule has 1 saturated heterocycles. The fourth-order valence-electron chi connectivity index (χ4n) is 2.15. The summed E-state index contributed by atoms with van der Waals surface area (Å²) in [6.45, 7) is 2.94. The van der Waals surface area contributed by atoms with Gasteiger partial charge in [-0.2, -0.15) is 5.10 Å². The molecule has 2 rings (SSSR count). The maximum atomic E-state index is 12.1. The molecule has 1 atom stereocenters. The number of likely N-dealkylation sites (tertiary alicyclic amines) is 1. The third kappa shape index (κ3) is 1.69. The molecule has 3 N–H and O–H groups in total. The number of hydrogen-bond acceptors (Lipinski definition) is 3. The molecule has 1 unspecified atom stereocenters. The molecule has 1 aliphatic heterocycles. The smallest absolute Gasteiger partial charge is 0.259 e. The highest BCUT2D eigenvalue weighted by Crippen LogP contribution is 2.23. The molecule has 0 radical (unpaired) electrons. The van der Waals surface area contributed by atoms with Crippen molar-refractivity contribution in [3.05, 3.63) is 11.8 Å². The van der Waals surface area contributed by atoms with Crippen molar-refractivity contribution < 1.29 is 4.79 Å². The normalized spacial score (nSPS) is 20.9. The van der Waals surface area contributed by atoms with Gasteiger partial charge >= 0.3 is 0 Å². The first-order valence-corrected chi connectivity index (χ1v) is 5.33. The van der Waals surface area contributed by atoms with Crippen molar-refractivity contribution in [3.8, 4) is 0 Å². The highest BCUT2D eigenvalue weighted by molar-refractivity contribution is 5.98. The molecule has 1 aliphatic rings. The van der Waals surface area contributed by atoms with E-state index < -0.39 is 0 Å². The summed E-state index contributed by atoms with van der Waals surface area (Å²) in [4.78, 5) is 14.0. The molecule has 0 aromatic carbocycles. The number of aromatic nitrogens is 2. The number of carbonyl (C=O) groups is 1. The van der Waals surface area contributed by atoms with Crippen molar-refractivity contribution in [2.75, 3.05) is 12.3 Å². The Morgan fingerprint density at radius 2 is 2.60 bits per heavy atom. The Balaban J connectivity index is 2.18. The van der Waals surface area contributed by atoms with Gasteiger partial charge in [-0.25, -0.2) is 0 Å². The molecular formula is C10H16N4O. The summed E-state index contributed by atoms with van der Waals surface area (Å²) in [6.07, 6.45) is 4.69. The third-order valence-electron chi connectivity index (χ3n) is 3.01. The van der Waals surface area contributed by atoms with Crippen molar-refractivity contribution in [2.45, 2.75) is 32.2 Å². The topological polar surface area (TPSA) is 75.0 Å². The minimum atomic E-state index is 0.00519. The van der Waals surface area contributed by atoms with Gasteiger partial charge in [0.1, 0.15) is 11.4 Å². The van der Waals surface area contributed by atoms with E-state index in [0.29, 0.717) is 17.4 Å². The summed E-state index contributed by atoms with van der Waals surface area (Å²) in [5.41, 5.74) is 6.13. The van der Waals surface area contributed by atoms with Crippen LogP contribution >= 0.6 is 0 Å². The van der Waals surface area contributed by atoms with E-state index in [2.05, 4.69) is 17.1 Å².